The van der Waals surface area contributed by atoms with E-state index in [9.17, 15) is 13.2 Å². The molecule has 0 saturated carbocycles. The van der Waals surface area contributed by atoms with Crippen molar-refractivity contribution < 1.29 is 17.9 Å². The quantitative estimate of drug-likeness (QED) is 0.188. The fraction of sp³-hybridized carbons (Fsp3) is 0.133. The highest BCUT2D eigenvalue weighted by molar-refractivity contribution is 7.89. The van der Waals surface area contributed by atoms with Crippen LogP contribution in [0.25, 0.3) is 0 Å². The van der Waals surface area contributed by atoms with Crippen molar-refractivity contribution in [2.75, 3.05) is 13.1 Å². The molecule has 0 saturated heterocycles. The number of ether oxygens (including phenoxy) is 1. The molecule has 39 heavy (non-hydrogen) atoms. The third-order valence-electron chi connectivity index (χ3n) is 5.81. The monoisotopic (exact) mass is 561 g/mol. The van der Waals surface area contributed by atoms with Crippen LogP contribution in [-0.4, -0.2) is 37.9 Å². The molecule has 4 aromatic rings. The summed E-state index contributed by atoms with van der Waals surface area (Å²) in [6, 6.07) is 32.4. The van der Waals surface area contributed by atoms with Gasteiger partial charge in [0.1, 0.15) is 12.4 Å². The Morgan fingerprint density at radius 2 is 1.46 bits per heavy atom. The number of halogens is 1. The van der Waals surface area contributed by atoms with Crippen LogP contribution in [0, 0.1) is 0 Å². The van der Waals surface area contributed by atoms with Gasteiger partial charge in [0.15, 0.2) is 0 Å². The Morgan fingerprint density at radius 3 is 2.15 bits per heavy atom. The highest BCUT2D eigenvalue weighted by Crippen LogP contribution is 2.20. The number of para-hydroxylation sites is 1. The smallest absolute Gasteiger partial charge is 0.255 e. The van der Waals surface area contributed by atoms with E-state index in [0.29, 0.717) is 29.4 Å². The lowest BCUT2D eigenvalue weighted by atomic mass is 10.1. The number of hydrogen-bond acceptors (Lipinski definition) is 5. The predicted molar refractivity (Wildman–Crippen MR) is 153 cm³/mol. The van der Waals surface area contributed by atoms with Gasteiger partial charge in [0.05, 0.1) is 17.7 Å². The summed E-state index contributed by atoms with van der Waals surface area (Å²) >= 11 is 5.94. The first-order chi connectivity index (χ1) is 18.9. The van der Waals surface area contributed by atoms with Crippen LogP contribution >= 0.6 is 11.6 Å². The Morgan fingerprint density at radius 1 is 0.846 bits per heavy atom. The van der Waals surface area contributed by atoms with Gasteiger partial charge in [0, 0.05) is 17.1 Å². The van der Waals surface area contributed by atoms with Gasteiger partial charge in [-0.15, -0.1) is 0 Å². The van der Waals surface area contributed by atoms with Gasteiger partial charge in [-0.2, -0.15) is 9.41 Å². The molecule has 0 aliphatic heterocycles. The number of benzene rings is 4. The summed E-state index contributed by atoms with van der Waals surface area (Å²) in [7, 11) is -3.96. The lowest BCUT2D eigenvalue weighted by Gasteiger charge is -2.21. The van der Waals surface area contributed by atoms with E-state index in [0.717, 1.165) is 15.4 Å². The van der Waals surface area contributed by atoms with E-state index in [1.165, 1.54) is 30.5 Å². The zero-order chi connectivity index (χ0) is 27.5. The molecule has 7 nitrogen and oxygen atoms in total. The first-order valence-corrected chi connectivity index (χ1v) is 14.1. The van der Waals surface area contributed by atoms with Crippen LogP contribution in [0.2, 0.25) is 5.02 Å². The van der Waals surface area contributed by atoms with E-state index >= 15 is 0 Å². The Bertz CT molecular complexity index is 1500. The Balaban J connectivity index is 1.43. The average Bonchev–Trinajstić information content (AvgIpc) is 2.96. The molecule has 0 aromatic heterocycles. The zero-order valence-electron chi connectivity index (χ0n) is 21.1. The van der Waals surface area contributed by atoms with Crippen LogP contribution in [0.15, 0.2) is 119 Å². The number of hydrogen-bond donors (Lipinski definition) is 1. The van der Waals surface area contributed by atoms with Crippen molar-refractivity contribution in [3.05, 3.63) is 131 Å². The van der Waals surface area contributed by atoms with Crippen LogP contribution in [0.1, 0.15) is 16.7 Å². The molecule has 1 amide bonds. The van der Waals surface area contributed by atoms with Crippen molar-refractivity contribution in [2.24, 2.45) is 5.10 Å². The summed E-state index contributed by atoms with van der Waals surface area (Å²) in [6.07, 6.45) is 1.91. The maximum absolute atomic E-state index is 13.4. The van der Waals surface area contributed by atoms with Gasteiger partial charge in [-0.05, 0) is 53.9 Å². The first kappa shape index (κ1) is 28.0. The van der Waals surface area contributed by atoms with Crippen molar-refractivity contribution in [2.45, 2.75) is 17.9 Å². The van der Waals surface area contributed by atoms with E-state index in [1.807, 2.05) is 84.9 Å². The molecule has 9 heteroatoms. The van der Waals surface area contributed by atoms with Crippen LogP contribution < -0.4 is 10.2 Å². The van der Waals surface area contributed by atoms with E-state index in [-0.39, 0.29) is 11.4 Å². The third-order valence-corrected chi connectivity index (χ3v) is 7.92. The standard InChI is InChI=1S/C30H28ClN3O4S/c31-27-15-17-28(18-16-27)39(36,37)34(20-19-24-9-3-1-4-10-24)22-30(35)33-32-21-26-13-7-8-14-29(26)38-23-25-11-5-2-6-12-25/h1-18,21H,19-20,22-23H2,(H,33,35)/b32-21-. The molecule has 0 radical (unpaired) electrons. The fourth-order valence-electron chi connectivity index (χ4n) is 3.76. The summed E-state index contributed by atoms with van der Waals surface area (Å²) in [5.74, 6) is 0.0358. The Kier molecular flexibility index (Phi) is 9.85. The maximum Gasteiger partial charge on any atom is 0.255 e. The molecule has 0 atom stereocenters. The lowest BCUT2D eigenvalue weighted by Crippen LogP contribution is -2.40. The topological polar surface area (TPSA) is 88.1 Å². The number of sulfonamides is 1. The third kappa shape index (κ3) is 8.25. The summed E-state index contributed by atoms with van der Waals surface area (Å²) < 4.78 is 33.8. The molecule has 200 valence electrons. The summed E-state index contributed by atoms with van der Waals surface area (Å²) in [5.41, 5.74) is 5.09. The maximum atomic E-state index is 13.4. The van der Waals surface area contributed by atoms with Crippen molar-refractivity contribution in [3.8, 4) is 5.75 Å². The average molecular weight is 562 g/mol. The summed E-state index contributed by atoms with van der Waals surface area (Å²) in [4.78, 5) is 12.9. The number of amides is 1. The molecule has 0 heterocycles. The number of carbonyl (C=O) groups excluding carboxylic acids is 1. The second-order valence-electron chi connectivity index (χ2n) is 8.63. The minimum atomic E-state index is -3.96. The minimum absolute atomic E-state index is 0.0563. The normalized spacial score (nSPS) is 11.5. The number of rotatable bonds is 12. The van der Waals surface area contributed by atoms with Gasteiger partial charge in [0.25, 0.3) is 5.91 Å². The molecular formula is C30H28ClN3O4S. The van der Waals surface area contributed by atoms with E-state index in [2.05, 4.69) is 10.5 Å². The summed E-state index contributed by atoms with van der Waals surface area (Å²) in [5, 5.41) is 4.47. The van der Waals surface area contributed by atoms with Crippen LogP contribution in [0.4, 0.5) is 0 Å². The predicted octanol–water partition coefficient (Wildman–Crippen LogP) is 5.30. The molecule has 0 spiro atoms. The van der Waals surface area contributed by atoms with Gasteiger partial charge in [0.2, 0.25) is 10.0 Å². The molecule has 0 aliphatic rings. The van der Waals surface area contributed by atoms with Gasteiger partial charge >= 0.3 is 0 Å². The molecule has 0 aliphatic carbocycles. The molecule has 4 aromatic carbocycles. The highest BCUT2D eigenvalue weighted by atomic mass is 35.5. The van der Waals surface area contributed by atoms with Crippen molar-refractivity contribution >= 4 is 33.7 Å². The molecule has 0 unspecified atom stereocenters. The SMILES string of the molecule is O=C(CN(CCc1ccccc1)S(=O)(=O)c1ccc(Cl)cc1)N/N=C\c1ccccc1OCc1ccccc1. The van der Waals surface area contributed by atoms with Gasteiger partial charge < -0.3 is 4.74 Å². The number of nitrogens with zero attached hydrogens (tertiary/aromatic N) is 2. The van der Waals surface area contributed by atoms with Crippen LogP contribution in [0.5, 0.6) is 5.75 Å². The Hall–Kier alpha value is -3.98. The fourth-order valence-corrected chi connectivity index (χ4v) is 5.28. The molecule has 4 rings (SSSR count). The highest BCUT2D eigenvalue weighted by Gasteiger charge is 2.26. The van der Waals surface area contributed by atoms with Crippen LogP contribution in [-0.2, 0) is 27.8 Å². The van der Waals surface area contributed by atoms with Crippen molar-refractivity contribution in [3.63, 3.8) is 0 Å². The number of nitrogens with one attached hydrogen (secondary N) is 1. The zero-order valence-corrected chi connectivity index (χ0v) is 22.7. The Labute approximate surface area is 233 Å². The first-order valence-electron chi connectivity index (χ1n) is 12.3. The second kappa shape index (κ2) is 13.7. The largest absolute Gasteiger partial charge is 0.488 e. The van der Waals surface area contributed by atoms with E-state index < -0.39 is 22.5 Å². The van der Waals surface area contributed by atoms with E-state index in [1.54, 1.807) is 0 Å². The van der Waals surface area contributed by atoms with Gasteiger partial charge in [-0.3, -0.25) is 4.79 Å². The molecular weight excluding hydrogens is 534 g/mol. The number of hydrazone groups is 1. The summed E-state index contributed by atoms with van der Waals surface area (Å²) in [6.45, 7) is 0.0978. The van der Waals surface area contributed by atoms with Gasteiger partial charge in [-0.25, -0.2) is 13.8 Å². The lowest BCUT2D eigenvalue weighted by molar-refractivity contribution is -0.121. The van der Waals surface area contributed by atoms with E-state index in [4.69, 9.17) is 16.3 Å². The van der Waals surface area contributed by atoms with Crippen molar-refractivity contribution in [1.82, 2.24) is 9.73 Å². The molecule has 1 N–H and O–H groups in total. The van der Waals surface area contributed by atoms with Crippen molar-refractivity contribution in [1.29, 1.82) is 0 Å². The van der Waals surface area contributed by atoms with Gasteiger partial charge in [-0.1, -0.05) is 84.4 Å². The minimum Gasteiger partial charge on any atom is -0.488 e. The van der Waals surface area contributed by atoms with Crippen LogP contribution in [0.3, 0.4) is 0 Å². The molecule has 0 fully saturated rings. The second-order valence-corrected chi connectivity index (χ2v) is 11.0. The molecule has 0 bridgehead atoms. The number of carbonyl (C=O) groups is 1.